The Morgan fingerprint density at radius 3 is 2.67 bits per heavy atom. The minimum absolute atomic E-state index is 0.0252. The largest absolute Gasteiger partial charge is 0.496 e. The van der Waals surface area contributed by atoms with Crippen LogP contribution in [0.5, 0.6) is 5.75 Å². The molecule has 84 valence electrons. The first-order valence-electron chi connectivity index (χ1n) is 4.81. The second-order valence-corrected chi connectivity index (χ2v) is 4.34. The Balaban J connectivity index is 2.92. The topological polar surface area (TPSA) is 55.5 Å². The van der Waals surface area contributed by atoms with E-state index < -0.39 is 6.10 Å². The van der Waals surface area contributed by atoms with Gasteiger partial charge in [0.1, 0.15) is 5.75 Å². The van der Waals surface area contributed by atoms with Gasteiger partial charge in [0.2, 0.25) is 0 Å². The zero-order chi connectivity index (χ0) is 11.4. The smallest absolute Gasteiger partial charge is 0.133 e. The van der Waals surface area contributed by atoms with E-state index in [0.717, 1.165) is 15.8 Å². The first-order valence-corrected chi connectivity index (χ1v) is 5.61. The van der Waals surface area contributed by atoms with Crippen LogP contribution in [0.1, 0.15) is 18.4 Å². The maximum atomic E-state index is 9.63. The number of aliphatic hydroxyl groups is 1. The average Bonchev–Trinajstić information content (AvgIpc) is 2.26. The molecule has 0 heterocycles. The molecule has 0 aliphatic heterocycles. The van der Waals surface area contributed by atoms with Crippen LogP contribution < -0.4 is 10.5 Å². The Morgan fingerprint density at radius 1 is 1.53 bits per heavy atom. The van der Waals surface area contributed by atoms with Gasteiger partial charge in [0, 0.05) is 12.5 Å². The number of nitrogens with two attached hydrogens (primary N) is 1. The van der Waals surface area contributed by atoms with E-state index in [1.807, 2.05) is 25.1 Å². The molecule has 15 heavy (non-hydrogen) atoms. The Morgan fingerprint density at radius 2 is 2.20 bits per heavy atom. The highest BCUT2D eigenvalue weighted by Gasteiger charge is 2.15. The molecule has 2 unspecified atom stereocenters. The van der Waals surface area contributed by atoms with Crippen molar-refractivity contribution in [2.45, 2.75) is 18.9 Å². The number of hydrogen-bond acceptors (Lipinski definition) is 3. The Labute approximate surface area is 98.4 Å². The molecule has 0 aliphatic rings. The van der Waals surface area contributed by atoms with Crippen molar-refractivity contribution < 1.29 is 9.84 Å². The number of benzene rings is 1. The van der Waals surface area contributed by atoms with Crippen molar-refractivity contribution in [3.63, 3.8) is 0 Å². The molecule has 1 rings (SSSR count). The van der Waals surface area contributed by atoms with Gasteiger partial charge >= 0.3 is 0 Å². The summed E-state index contributed by atoms with van der Waals surface area (Å²) in [5.41, 5.74) is 6.46. The Bertz CT molecular complexity index is 330. The van der Waals surface area contributed by atoms with Crippen LogP contribution >= 0.6 is 15.9 Å². The highest BCUT2D eigenvalue weighted by molar-refractivity contribution is 9.10. The van der Waals surface area contributed by atoms with Crippen LogP contribution in [0.3, 0.4) is 0 Å². The standard InChI is InChI=1S/C11H16BrNO2/c1-7(10(14)6-13)8-3-4-11(15-2)9(12)5-8/h3-5,7,10,14H,6,13H2,1-2H3. The van der Waals surface area contributed by atoms with E-state index in [-0.39, 0.29) is 12.5 Å². The fraction of sp³-hybridized carbons (Fsp3) is 0.455. The van der Waals surface area contributed by atoms with Gasteiger partial charge in [-0.3, -0.25) is 0 Å². The Hall–Kier alpha value is -0.580. The van der Waals surface area contributed by atoms with Crippen molar-refractivity contribution in [1.29, 1.82) is 0 Å². The molecule has 2 atom stereocenters. The fourth-order valence-corrected chi connectivity index (χ4v) is 1.95. The molecule has 3 nitrogen and oxygen atoms in total. The highest BCUT2D eigenvalue weighted by Crippen LogP contribution is 2.29. The molecular formula is C11H16BrNO2. The van der Waals surface area contributed by atoms with Gasteiger partial charge in [-0.05, 0) is 33.6 Å². The van der Waals surface area contributed by atoms with Gasteiger partial charge in [-0.25, -0.2) is 0 Å². The number of halogens is 1. The van der Waals surface area contributed by atoms with Crippen LogP contribution in [-0.2, 0) is 0 Å². The van der Waals surface area contributed by atoms with Crippen molar-refractivity contribution in [1.82, 2.24) is 0 Å². The maximum absolute atomic E-state index is 9.63. The van der Waals surface area contributed by atoms with Crippen molar-refractivity contribution in [2.24, 2.45) is 5.73 Å². The van der Waals surface area contributed by atoms with E-state index in [2.05, 4.69) is 15.9 Å². The van der Waals surface area contributed by atoms with Gasteiger partial charge in [-0.15, -0.1) is 0 Å². The van der Waals surface area contributed by atoms with Gasteiger partial charge in [0.25, 0.3) is 0 Å². The second kappa shape index (κ2) is 5.49. The number of hydrogen-bond donors (Lipinski definition) is 2. The molecular weight excluding hydrogens is 258 g/mol. The predicted molar refractivity (Wildman–Crippen MR) is 64.2 cm³/mol. The lowest BCUT2D eigenvalue weighted by atomic mass is 9.95. The third kappa shape index (κ3) is 2.93. The lowest BCUT2D eigenvalue weighted by Crippen LogP contribution is -2.25. The molecule has 1 aromatic rings. The maximum Gasteiger partial charge on any atom is 0.133 e. The molecule has 3 N–H and O–H groups in total. The van der Waals surface area contributed by atoms with Crippen LogP contribution in [0.15, 0.2) is 22.7 Å². The van der Waals surface area contributed by atoms with E-state index in [1.165, 1.54) is 0 Å². The molecule has 0 bridgehead atoms. The van der Waals surface area contributed by atoms with E-state index >= 15 is 0 Å². The van der Waals surface area contributed by atoms with Gasteiger partial charge < -0.3 is 15.6 Å². The van der Waals surface area contributed by atoms with E-state index in [4.69, 9.17) is 10.5 Å². The lowest BCUT2D eigenvalue weighted by molar-refractivity contribution is 0.157. The van der Waals surface area contributed by atoms with Gasteiger partial charge in [-0.1, -0.05) is 13.0 Å². The van der Waals surface area contributed by atoms with Crippen LogP contribution in [-0.4, -0.2) is 24.9 Å². The van der Waals surface area contributed by atoms with Gasteiger partial charge in [0.15, 0.2) is 0 Å². The van der Waals surface area contributed by atoms with Crippen molar-refractivity contribution in [2.75, 3.05) is 13.7 Å². The predicted octanol–water partition coefficient (Wildman–Crippen LogP) is 1.88. The van der Waals surface area contributed by atoms with E-state index in [0.29, 0.717) is 0 Å². The minimum atomic E-state index is -0.509. The molecule has 1 aromatic carbocycles. The zero-order valence-electron chi connectivity index (χ0n) is 8.90. The van der Waals surface area contributed by atoms with Crippen LogP contribution in [0.2, 0.25) is 0 Å². The lowest BCUT2D eigenvalue weighted by Gasteiger charge is -2.18. The molecule has 0 saturated heterocycles. The third-order valence-electron chi connectivity index (χ3n) is 2.52. The summed E-state index contributed by atoms with van der Waals surface area (Å²) in [5, 5.41) is 9.63. The van der Waals surface area contributed by atoms with E-state index in [1.54, 1.807) is 7.11 Å². The van der Waals surface area contributed by atoms with Crippen molar-refractivity contribution in [3.8, 4) is 5.75 Å². The molecule has 0 fully saturated rings. The minimum Gasteiger partial charge on any atom is -0.496 e. The quantitative estimate of drug-likeness (QED) is 0.881. The Kier molecular flexibility index (Phi) is 4.57. The summed E-state index contributed by atoms with van der Waals surface area (Å²) >= 11 is 3.41. The van der Waals surface area contributed by atoms with Crippen LogP contribution in [0.25, 0.3) is 0 Å². The van der Waals surface area contributed by atoms with Crippen LogP contribution in [0.4, 0.5) is 0 Å². The summed E-state index contributed by atoms with van der Waals surface area (Å²) in [6, 6.07) is 5.76. The number of ether oxygens (including phenoxy) is 1. The van der Waals surface area contributed by atoms with E-state index in [9.17, 15) is 5.11 Å². The van der Waals surface area contributed by atoms with Crippen molar-refractivity contribution in [3.05, 3.63) is 28.2 Å². The highest BCUT2D eigenvalue weighted by atomic mass is 79.9. The summed E-state index contributed by atoms with van der Waals surface area (Å²) in [4.78, 5) is 0. The third-order valence-corrected chi connectivity index (χ3v) is 3.14. The average molecular weight is 274 g/mol. The number of rotatable bonds is 4. The van der Waals surface area contributed by atoms with Crippen molar-refractivity contribution >= 4 is 15.9 Å². The van der Waals surface area contributed by atoms with Gasteiger partial charge in [0.05, 0.1) is 17.7 Å². The molecule has 0 radical (unpaired) electrons. The molecule has 0 aliphatic carbocycles. The monoisotopic (exact) mass is 273 g/mol. The summed E-state index contributed by atoms with van der Waals surface area (Å²) in [6.45, 7) is 2.22. The molecule has 0 amide bonds. The summed E-state index contributed by atoms with van der Waals surface area (Å²) in [5.74, 6) is 0.811. The molecule has 0 saturated carbocycles. The molecule has 0 spiro atoms. The summed E-state index contributed by atoms with van der Waals surface area (Å²) in [7, 11) is 1.62. The first-order chi connectivity index (χ1) is 7.10. The second-order valence-electron chi connectivity index (χ2n) is 3.49. The summed E-state index contributed by atoms with van der Waals surface area (Å²) < 4.78 is 6.02. The first kappa shape index (κ1) is 12.5. The molecule has 0 aromatic heterocycles. The molecule has 4 heteroatoms. The SMILES string of the molecule is COc1ccc(C(C)C(O)CN)cc1Br. The van der Waals surface area contributed by atoms with Crippen LogP contribution in [0, 0.1) is 0 Å². The number of methoxy groups -OCH3 is 1. The normalized spacial score (nSPS) is 14.7. The van der Waals surface area contributed by atoms with Gasteiger partial charge in [-0.2, -0.15) is 0 Å². The number of aliphatic hydroxyl groups excluding tert-OH is 1. The zero-order valence-corrected chi connectivity index (χ0v) is 10.5. The summed E-state index contributed by atoms with van der Waals surface area (Å²) in [6.07, 6.45) is -0.509. The fourth-order valence-electron chi connectivity index (χ4n) is 1.39.